The summed E-state index contributed by atoms with van der Waals surface area (Å²) >= 11 is 12.1. The van der Waals surface area contributed by atoms with Crippen LogP contribution in [0, 0.1) is 5.41 Å². The first kappa shape index (κ1) is 13.2. The third-order valence-electron chi connectivity index (χ3n) is 3.56. The van der Waals surface area contributed by atoms with Gasteiger partial charge in [0.2, 0.25) is 0 Å². The Kier molecular flexibility index (Phi) is 4.35. The van der Waals surface area contributed by atoms with Crippen molar-refractivity contribution in [3.8, 4) is 0 Å². The summed E-state index contributed by atoms with van der Waals surface area (Å²) < 4.78 is 0. The van der Waals surface area contributed by atoms with Crippen LogP contribution < -0.4 is 5.32 Å². The Hall–Kier alpha value is -0.240. The van der Waals surface area contributed by atoms with Crippen LogP contribution in [-0.2, 0) is 6.54 Å². The van der Waals surface area contributed by atoms with Gasteiger partial charge >= 0.3 is 0 Å². The molecule has 0 atom stereocenters. The van der Waals surface area contributed by atoms with Gasteiger partial charge in [0, 0.05) is 23.1 Å². The lowest BCUT2D eigenvalue weighted by Crippen LogP contribution is -2.23. The Morgan fingerprint density at radius 3 is 2.71 bits per heavy atom. The molecule has 1 aliphatic rings. The molecule has 0 aromatic heterocycles. The molecule has 0 aliphatic heterocycles. The van der Waals surface area contributed by atoms with Crippen molar-refractivity contribution in [1.82, 2.24) is 5.32 Å². The number of benzene rings is 1. The van der Waals surface area contributed by atoms with E-state index in [4.69, 9.17) is 23.2 Å². The van der Waals surface area contributed by atoms with Gasteiger partial charge in [0.1, 0.15) is 0 Å². The molecule has 17 heavy (non-hydrogen) atoms. The van der Waals surface area contributed by atoms with Crippen molar-refractivity contribution in [2.24, 2.45) is 5.41 Å². The normalized spacial score (nSPS) is 17.1. The van der Waals surface area contributed by atoms with Gasteiger partial charge in [-0.3, -0.25) is 0 Å². The minimum atomic E-state index is 0.583. The van der Waals surface area contributed by atoms with E-state index >= 15 is 0 Å². The van der Waals surface area contributed by atoms with Crippen molar-refractivity contribution in [2.45, 2.75) is 39.2 Å². The summed E-state index contributed by atoms with van der Waals surface area (Å²) in [5.41, 5.74) is 1.67. The summed E-state index contributed by atoms with van der Waals surface area (Å²) in [6.07, 6.45) is 5.36. The van der Waals surface area contributed by atoms with E-state index in [9.17, 15) is 0 Å². The molecule has 1 N–H and O–H groups in total. The summed E-state index contributed by atoms with van der Waals surface area (Å²) in [5.74, 6) is 0. The van der Waals surface area contributed by atoms with E-state index in [-0.39, 0.29) is 0 Å². The molecular weight excluding hydrogens is 253 g/mol. The molecular formula is C14H19Cl2N. The molecule has 1 aromatic carbocycles. The first-order chi connectivity index (χ1) is 8.15. The molecule has 3 heteroatoms. The van der Waals surface area contributed by atoms with Crippen LogP contribution in [0.2, 0.25) is 10.0 Å². The summed E-state index contributed by atoms with van der Waals surface area (Å²) in [4.78, 5) is 0. The fourth-order valence-electron chi connectivity index (χ4n) is 2.36. The monoisotopic (exact) mass is 271 g/mol. The molecule has 0 amide bonds. The van der Waals surface area contributed by atoms with Gasteiger partial charge < -0.3 is 5.32 Å². The summed E-state index contributed by atoms with van der Waals surface area (Å²) in [6.45, 7) is 4.17. The quantitative estimate of drug-likeness (QED) is 0.794. The zero-order valence-electron chi connectivity index (χ0n) is 10.2. The Morgan fingerprint density at radius 1 is 1.29 bits per heavy atom. The highest BCUT2D eigenvalue weighted by atomic mass is 35.5. The second kappa shape index (κ2) is 5.60. The smallest absolute Gasteiger partial charge is 0.0451 e. The van der Waals surface area contributed by atoms with Crippen molar-refractivity contribution in [3.63, 3.8) is 0 Å². The Morgan fingerprint density at radius 2 is 2.06 bits per heavy atom. The van der Waals surface area contributed by atoms with E-state index < -0.39 is 0 Å². The lowest BCUT2D eigenvalue weighted by Gasteiger charge is -2.15. The van der Waals surface area contributed by atoms with Crippen LogP contribution in [0.25, 0.3) is 0 Å². The fourth-order valence-corrected chi connectivity index (χ4v) is 2.74. The van der Waals surface area contributed by atoms with Gasteiger partial charge in [-0.25, -0.2) is 0 Å². The van der Waals surface area contributed by atoms with Crippen LogP contribution in [0.4, 0.5) is 0 Å². The molecule has 0 saturated heterocycles. The summed E-state index contributed by atoms with van der Waals surface area (Å²) in [5, 5.41) is 5.06. The maximum absolute atomic E-state index is 6.12. The van der Waals surface area contributed by atoms with E-state index in [2.05, 4.69) is 12.2 Å². The van der Waals surface area contributed by atoms with Gasteiger partial charge in [0.05, 0.1) is 0 Å². The average Bonchev–Trinajstić information content (AvgIpc) is 3.04. The molecule has 0 unspecified atom stereocenters. The maximum Gasteiger partial charge on any atom is 0.0451 e. The number of hydrogen-bond donors (Lipinski definition) is 1. The molecule has 1 aromatic rings. The Labute approximate surface area is 114 Å². The predicted molar refractivity (Wildman–Crippen MR) is 74.7 cm³/mol. The SMILES string of the molecule is CCCC1(CNCc2cc(Cl)ccc2Cl)CC1. The van der Waals surface area contributed by atoms with E-state index in [0.717, 1.165) is 28.7 Å². The van der Waals surface area contributed by atoms with E-state index in [1.807, 2.05) is 18.2 Å². The molecule has 1 fully saturated rings. The lowest BCUT2D eigenvalue weighted by molar-refractivity contribution is 0.421. The van der Waals surface area contributed by atoms with E-state index in [1.54, 1.807) is 0 Å². The molecule has 1 aliphatic carbocycles. The fraction of sp³-hybridized carbons (Fsp3) is 0.571. The molecule has 0 radical (unpaired) electrons. The van der Waals surface area contributed by atoms with Crippen LogP contribution in [-0.4, -0.2) is 6.54 Å². The standard InChI is InChI=1S/C14H19Cl2N/c1-2-5-14(6-7-14)10-17-9-11-8-12(15)3-4-13(11)16/h3-4,8,17H,2,5-7,9-10H2,1H3. The van der Waals surface area contributed by atoms with Crippen LogP contribution in [0.15, 0.2) is 18.2 Å². The van der Waals surface area contributed by atoms with Crippen LogP contribution in [0.3, 0.4) is 0 Å². The number of nitrogens with one attached hydrogen (secondary N) is 1. The van der Waals surface area contributed by atoms with E-state index in [0.29, 0.717) is 5.41 Å². The summed E-state index contributed by atoms with van der Waals surface area (Å²) in [7, 11) is 0. The van der Waals surface area contributed by atoms with Crippen molar-refractivity contribution in [3.05, 3.63) is 33.8 Å². The van der Waals surface area contributed by atoms with Crippen LogP contribution >= 0.6 is 23.2 Å². The average molecular weight is 272 g/mol. The highest BCUT2D eigenvalue weighted by molar-refractivity contribution is 6.33. The zero-order chi connectivity index (χ0) is 12.3. The van der Waals surface area contributed by atoms with Gasteiger partial charge in [0.15, 0.2) is 0 Å². The van der Waals surface area contributed by atoms with Gasteiger partial charge in [-0.1, -0.05) is 36.5 Å². The largest absolute Gasteiger partial charge is 0.312 e. The zero-order valence-corrected chi connectivity index (χ0v) is 11.7. The number of hydrogen-bond acceptors (Lipinski definition) is 1. The third kappa shape index (κ3) is 3.61. The van der Waals surface area contributed by atoms with Crippen molar-refractivity contribution in [1.29, 1.82) is 0 Å². The number of halogens is 2. The highest BCUT2D eigenvalue weighted by Gasteiger charge is 2.40. The molecule has 0 bridgehead atoms. The van der Waals surface area contributed by atoms with Gasteiger partial charge in [-0.2, -0.15) is 0 Å². The molecule has 1 nitrogen and oxygen atoms in total. The molecule has 94 valence electrons. The lowest BCUT2D eigenvalue weighted by atomic mass is 10.0. The minimum absolute atomic E-state index is 0.583. The van der Waals surface area contributed by atoms with Crippen molar-refractivity contribution < 1.29 is 0 Å². The first-order valence-electron chi connectivity index (χ1n) is 6.30. The Balaban J connectivity index is 1.84. The van der Waals surface area contributed by atoms with Gasteiger partial charge in [-0.05, 0) is 48.4 Å². The maximum atomic E-state index is 6.12. The first-order valence-corrected chi connectivity index (χ1v) is 7.05. The number of rotatable bonds is 6. The summed E-state index contributed by atoms with van der Waals surface area (Å²) in [6, 6.07) is 5.63. The van der Waals surface area contributed by atoms with Gasteiger partial charge in [0.25, 0.3) is 0 Å². The minimum Gasteiger partial charge on any atom is -0.312 e. The van der Waals surface area contributed by atoms with Crippen molar-refractivity contribution >= 4 is 23.2 Å². The topological polar surface area (TPSA) is 12.0 Å². The molecule has 1 saturated carbocycles. The molecule has 2 rings (SSSR count). The second-order valence-corrected chi connectivity index (χ2v) is 5.93. The molecule has 0 spiro atoms. The van der Waals surface area contributed by atoms with E-state index in [1.165, 1.54) is 25.7 Å². The highest BCUT2D eigenvalue weighted by Crippen LogP contribution is 2.48. The second-order valence-electron chi connectivity index (χ2n) is 5.09. The molecule has 0 heterocycles. The van der Waals surface area contributed by atoms with Crippen molar-refractivity contribution in [2.75, 3.05) is 6.54 Å². The van der Waals surface area contributed by atoms with Gasteiger partial charge in [-0.15, -0.1) is 0 Å². The van der Waals surface area contributed by atoms with Crippen LogP contribution in [0.5, 0.6) is 0 Å². The Bertz CT molecular complexity index is 386. The predicted octanol–water partition coefficient (Wildman–Crippen LogP) is 4.66. The third-order valence-corrected chi connectivity index (χ3v) is 4.16. The van der Waals surface area contributed by atoms with Crippen LogP contribution in [0.1, 0.15) is 38.2 Å².